The monoisotopic (exact) mass is 171 g/mol. The molecule has 0 amide bonds. The number of nitrogens with one attached hydrogen (secondary N) is 1. The zero-order chi connectivity index (χ0) is 7.73. The Bertz CT molecular complexity index is 135. The molecule has 64 valence electrons. The average Bonchev–Trinajstić information content (AvgIpc) is 2.34. The van der Waals surface area contributed by atoms with Gasteiger partial charge in [0, 0.05) is 0 Å². The molecule has 0 bridgehead atoms. The van der Waals surface area contributed by atoms with Gasteiger partial charge >= 0.3 is 0 Å². The summed E-state index contributed by atoms with van der Waals surface area (Å²) in [6.07, 6.45) is 5.59. The maximum Gasteiger partial charge on any atom is 0.0647 e. The molecule has 2 fully saturated rings. The normalized spacial score (nSPS) is 45.0. The highest BCUT2D eigenvalue weighted by molar-refractivity contribution is 8.00. The van der Waals surface area contributed by atoms with Crippen LogP contribution in [0.3, 0.4) is 0 Å². The highest BCUT2D eigenvalue weighted by Crippen LogP contribution is 2.43. The molecule has 0 aromatic rings. The van der Waals surface area contributed by atoms with Crippen LogP contribution >= 0.6 is 11.8 Å². The summed E-state index contributed by atoms with van der Waals surface area (Å²) >= 11 is 2.17. The van der Waals surface area contributed by atoms with Gasteiger partial charge in [-0.05, 0) is 43.9 Å². The molecule has 0 aromatic heterocycles. The minimum absolute atomic E-state index is 0.512. The molecule has 2 aliphatic rings. The van der Waals surface area contributed by atoms with Gasteiger partial charge in [-0.25, -0.2) is 0 Å². The number of hydrogen-bond donors (Lipinski definition) is 1. The van der Waals surface area contributed by atoms with Crippen molar-refractivity contribution in [1.29, 1.82) is 0 Å². The molecule has 1 aliphatic heterocycles. The fourth-order valence-corrected chi connectivity index (χ4v) is 3.79. The molecule has 2 unspecified atom stereocenters. The van der Waals surface area contributed by atoms with Crippen LogP contribution in [0.5, 0.6) is 0 Å². The van der Waals surface area contributed by atoms with Gasteiger partial charge < -0.3 is 5.32 Å². The Balaban J connectivity index is 1.98. The van der Waals surface area contributed by atoms with Crippen LogP contribution in [0.4, 0.5) is 0 Å². The predicted octanol–water partition coefficient (Wildman–Crippen LogP) is 2.23. The van der Waals surface area contributed by atoms with E-state index in [9.17, 15) is 0 Å². The van der Waals surface area contributed by atoms with Crippen molar-refractivity contribution in [3.63, 3.8) is 0 Å². The van der Waals surface area contributed by atoms with Crippen LogP contribution in [-0.2, 0) is 0 Å². The first-order chi connectivity index (χ1) is 5.31. The molecule has 0 aromatic carbocycles. The zero-order valence-corrected chi connectivity index (χ0v) is 8.04. The molecule has 2 atom stereocenters. The molecule has 1 saturated heterocycles. The van der Waals surface area contributed by atoms with Gasteiger partial charge in [-0.1, -0.05) is 6.92 Å². The Kier molecular flexibility index (Phi) is 2.15. The molecule has 1 heterocycles. The van der Waals surface area contributed by atoms with Gasteiger partial charge in [-0.3, -0.25) is 0 Å². The van der Waals surface area contributed by atoms with Crippen LogP contribution in [-0.4, -0.2) is 17.2 Å². The Labute approximate surface area is 73.3 Å². The SMILES string of the molecule is CC1CCC2(C1)NCCCS2. The third-order valence-electron chi connectivity index (χ3n) is 2.87. The molecule has 1 spiro atoms. The molecule has 11 heavy (non-hydrogen) atoms. The lowest BCUT2D eigenvalue weighted by Crippen LogP contribution is -2.43. The second kappa shape index (κ2) is 2.98. The summed E-state index contributed by atoms with van der Waals surface area (Å²) in [5.41, 5.74) is 0. The van der Waals surface area contributed by atoms with Gasteiger partial charge in [0.2, 0.25) is 0 Å². The fraction of sp³-hybridized carbons (Fsp3) is 1.00. The largest absolute Gasteiger partial charge is 0.303 e. The molecule has 0 radical (unpaired) electrons. The standard InChI is InChI=1S/C9H17NS/c1-8-3-4-9(7-8)10-5-2-6-11-9/h8,10H,2-7H2,1H3. The van der Waals surface area contributed by atoms with E-state index in [-0.39, 0.29) is 0 Å². The molecular formula is C9H17NS. The highest BCUT2D eigenvalue weighted by Gasteiger charge is 2.38. The van der Waals surface area contributed by atoms with Gasteiger partial charge in [0.1, 0.15) is 0 Å². The third kappa shape index (κ3) is 1.57. The Morgan fingerprint density at radius 1 is 1.55 bits per heavy atom. The van der Waals surface area contributed by atoms with Crippen LogP contribution in [0.25, 0.3) is 0 Å². The van der Waals surface area contributed by atoms with Crippen molar-refractivity contribution in [2.75, 3.05) is 12.3 Å². The maximum absolute atomic E-state index is 3.69. The summed E-state index contributed by atoms with van der Waals surface area (Å²) in [4.78, 5) is 0.512. The Morgan fingerprint density at radius 2 is 2.45 bits per heavy atom. The second-order valence-electron chi connectivity index (χ2n) is 3.97. The van der Waals surface area contributed by atoms with E-state index in [4.69, 9.17) is 0 Å². The lowest BCUT2D eigenvalue weighted by atomic mass is 10.1. The van der Waals surface area contributed by atoms with Crippen molar-refractivity contribution in [1.82, 2.24) is 5.32 Å². The van der Waals surface area contributed by atoms with Crippen molar-refractivity contribution in [2.24, 2.45) is 5.92 Å². The molecule has 1 N–H and O–H groups in total. The van der Waals surface area contributed by atoms with Gasteiger partial charge in [-0.2, -0.15) is 0 Å². The summed E-state index contributed by atoms with van der Waals surface area (Å²) in [6, 6.07) is 0. The van der Waals surface area contributed by atoms with E-state index >= 15 is 0 Å². The predicted molar refractivity (Wildman–Crippen MR) is 50.8 cm³/mol. The molecular weight excluding hydrogens is 154 g/mol. The van der Waals surface area contributed by atoms with Crippen LogP contribution in [0.2, 0.25) is 0 Å². The van der Waals surface area contributed by atoms with Gasteiger partial charge in [0.25, 0.3) is 0 Å². The second-order valence-corrected chi connectivity index (χ2v) is 5.45. The van der Waals surface area contributed by atoms with Crippen molar-refractivity contribution in [2.45, 2.75) is 37.5 Å². The number of hydrogen-bond acceptors (Lipinski definition) is 2. The summed E-state index contributed by atoms with van der Waals surface area (Å²) in [5.74, 6) is 2.33. The molecule has 1 saturated carbocycles. The zero-order valence-electron chi connectivity index (χ0n) is 7.23. The van der Waals surface area contributed by atoms with Crippen LogP contribution in [0, 0.1) is 5.92 Å². The lowest BCUT2D eigenvalue weighted by molar-refractivity contribution is 0.447. The highest BCUT2D eigenvalue weighted by atomic mass is 32.2. The minimum Gasteiger partial charge on any atom is -0.303 e. The van der Waals surface area contributed by atoms with Crippen LogP contribution < -0.4 is 5.32 Å². The van der Waals surface area contributed by atoms with E-state index in [0.717, 1.165) is 5.92 Å². The van der Waals surface area contributed by atoms with E-state index in [1.54, 1.807) is 0 Å². The Hall–Kier alpha value is 0.310. The van der Waals surface area contributed by atoms with Gasteiger partial charge in [0.15, 0.2) is 0 Å². The molecule has 1 nitrogen and oxygen atoms in total. The lowest BCUT2D eigenvalue weighted by Gasteiger charge is -2.34. The average molecular weight is 171 g/mol. The molecule has 1 aliphatic carbocycles. The number of rotatable bonds is 0. The summed E-state index contributed by atoms with van der Waals surface area (Å²) in [6.45, 7) is 3.63. The summed E-state index contributed by atoms with van der Waals surface area (Å²) in [5, 5.41) is 3.69. The summed E-state index contributed by atoms with van der Waals surface area (Å²) in [7, 11) is 0. The van der Waals surface area contributed by atoms with E-state index in [0.29, 0.717) is 4.87 Å². The van der Waals surface area contributed by atoms with Gasteiger partial charge in [0.05, 0.1) is 4.87 Å². The first-order valence-electron chi connectivity index (χ1n) is 4.70. The first-order valence-corrected chi connectivity index (χ1v) is 5.68. The Morgan fingerprint density at radius 3 is 3.00 bits per heavy atom. The van der Waals surface area contributed by atoms with E-state index in [2.05, 4.69) is 24.0 Å². The summed E-state index contributed by atoms with van der Waals surface area (Å²) < 4.78 is 0. The number of thioether (sulfide) groups is 1. The first kappa shape index (κ1) is 7.93. The van der Waals surface area contributed by atoms with E-state index < -0.39 is 0 Å². The third-order valence-corrected chi connectivity index (χ3v) is 4.43. The van der Waals surface area contributed by atoms with Crippen LogP contribution in [0.1, 0.15) is 32.6 Å². The van der Waals surface area contributed by atoms with Crippen molar-refractivity contribution >= 4 is 11.8 Å². The van der Waals surface area contributed by atoms with Crippen LogP contribution in [0.15, 0.2) is 0 Å². The van der Waals surface area contributed by atoms with Crippen molar-refractivity contribution < 1.29 is 0 Å². The van der Waals surface area contributed by atoms with E-state index in [1.807, 2.05) is 0 Å². The molecule has 2 heteroatoms. The molecule has 2 rings (SSSR count). The quantitative estimate of drug-likeness (QED) is 0.600. The fourth-order valence-electron chi connectivity index (χ4n) is 2.25. The van der Waals surface area contributed by atoms with Crippen molar-refractivity contribution in [3.05, 3.63) is 0 Å². The smallest absolute Gasteiger partial charge is 0.0647 e. The topological polar surface area (TPSA) is 12.0 Å². The maximum atomic E-state index is 3.69. The minimum atomic E-state index is 0.512. The van der Waals surface area contributed by atoms with E-state index in [1.165, 1.54) is 38.0 Å². The van der Waals surface area contributed by atoms with Crippen molar-refractivity contribution in [3.8, 4) is 0 Å². The van der Waals surface area contributed by atoms with Gasteiger partial charge in [-0.15, -0.1) is 11.8 Å².